The quantitative estimate of drug-likeness (QED) is 0.635. The Morgan fingerprint density at radius 3 is 2.70 bits per heavy atom. The van der Waals surface area contributed by atoms with Crippen molar-refractivity contribution in [2.75, 3.05) is 7.11 Å². The summed E-state index contributed by atoms with van der Waals surface area (Å²) in [7, 11) is 4.41. The number of benzene rings is 1. The SMILES string of the molecule is COc1cccc(CNC(=O)Cn2c(Cl)nc3c2c(=O)n(C)c(=O)n3C)c1. The molecule has 0 aliphatic rings. The third-order valence-corrected chi connectivity index (χ3v) is 4.52. The highest BCUT2D eigenvalue weighted by molar-refractivity contribution is 6.29. The van der Waals surface area contributed by atoms with Crippen molar-refractivity contribution in [3.63, 3.8) is 0 Å². The van der Waals surface area contributed by atoms with Crippen LogP contribution in [0.2, 0.25) is 5.28 Å². The second kappa shape index (κ2) is 7.28. The molecule has 10 heteroatoms. The third-order valence-electron chi connectivity index (χ3n) is 4.23. The van der Waals surface area contributed by atoms with Crippen LogP contribution in [0.5, 0.6) is 5.75 Å². The molecule has 3 aromatic rings. The number of halogens is 1. The van der Waals surface area contributed by atoms with E-state index in [4.69, 9.17) is 16.3 Å². The molecule has 27 heavy (non-hydrogen) atoms. The van der Waals surface area contributed by atoms with Crippen LogP contribution < -0.4 is 21.3 Å². The highest BCUT2D eigenvalue weighted by Crippen LogP contribution is 2.15. The molecule has 1 N–H and O–H groups in total. The summed E-state index contributed by atoms with van der Waals surface area (Å²) in [5.41, 5.74) is 0.0156. The number of aromatic nitrogens is 4. The van der Waals surface area contributed by atoms with Gasteiger partial charge in [0.15, 0.2) is 11.2 Å². The maximum Gasteiger partial charge on any atom is 0.332 e. The topological polar surface area (TPSA) is 100 Å². The fraction of sp³-hybridized carbons (Fsp3) is 0.294. The van der Waals surface area contributed by atoms with Gasteiger partial charge in [0.05, 0.1) is 7.11 Å². The van der Waals surface area contributed by atoms with Gasteiger partial charge in [-0.05, 0) is 29.3 Å². The van der Waals surface area contributed by atoms with Gasteiger partial charge in [-0.15, -0.1) is 0 Å². The smallest absolute Gasteiger partial charge is 0.332 e. The van der Waals surface area contributed by atoms with E-state index in [1.165, 1.54) is 23.2 Å². The van der Waals surface area contributed by atoms with Crippen LogP contribution in [-0.2, 0) is 32.0 Å². The van der Waals surface area contributed by atoms with Crippen molar-refractivity contribution < 1.29 is 9.53 Å². The average molecular weight is 392 g/mol. The summed E-state index contributed by atoms with van der Waals surface area (Å²) < 4.78 is 8.60. The summed E-state index contributed by atoms with van der Waals surface area (Å²) in [4.78, 5) is 40.9. The number of aryl methyl sites for hydroxylation is 1. The first-order valence-electron chi connectivity index (χ1n) is 8.05. The van der Waals surface area contributed by atoms with E-state index in [2.05, 4.69) is 10.3 Å². The molecule has 0 saturated heterocycles. The van der Waals surface area contributed by atoms with Crippen LogP contribution in [0.3, 0.4) is 0 Å². The normalized spacial score (nSPS) is 11.0. The fourth-order valence-electron chi connectivity index (χ4n) is 2.75. The summed E-state index contributed by atoms with van der Waals surface area (Å²) in [6, 6.07) is 7.30. The number of amides is 1. The highest BCUT2D eigenvalue weighted by Gasteiger charge is 2.19. The van der Waals surface area contributed by atoms with Crippen molar-refractivity contribution in [2.24, 2.45) is 14.1 Å². The fourth-order valence-corrected chi connectivity index (χ4v) is 2.97. The zero-order chi connectivity index (χ0) is 19.7. The van der Waals surface area contributed by atoms with Gasteiger partial charge in [0.25, 0.3) is 5.56 Å². The number of hydrogen-bond acceptors (Lipinski definition) is 5. The molecule has 0 saturated carbocycles. The van der Waals surface area contributed by atoms with Gasteiger partial charge in [-0.25, -0.2) is 4.79 Å². The number of hydrogen-bond donors (Lipinski definition) is 1. The number of ether oxygens (including phenoxy) is 1. The average Bonchev–Trinajstić information content (AvgIpc) is 2.99. The molecule has 0 aliphatic heterocycles. The number of rotatable bonds is 5. The molecule has 0 aliphatic carbocycles. The molecular weight excluding hydrogens is 374 g/mol. The molecule has 2 heterocycles. The summed E-state index contributed by atoms with van der Waals surface area (Å²) in [6.07, 6.45) is 0. The predicted octanol–water partition coefficient (Wildman–Crippen LogP) is 0.412. The Labute approximate surface area is 158 Å². The van der Waals surface area contributed by atoms with E-state index in [0.717, 1.165) is 10.1 Å². The molecule has 0 bridgehead atoms. The van der Waals surface area contributed by atoms with Crippen LogP contribution in [0, 0.1) is 0 Å². The molecule has 0 fully saturated rings. The van der Waals surface area contributed by atoms with E-state index in [-0.39, 0.29) is 35.4 Å². The largest absolute Gasteiger partial charge is 0.497 e. The van der Waals surface area contributed by atoms with Crippen LogP contribution in [0.15, 0.2) is 33.9 Å². The zero-order valence-corrected chi connectivity index (χ0v) is 15.8. The lowest BCUT2D eigenvalue weighted by Gasteiger charge is -2.09. The lowest BCUT2D eigenvalue weighted by atomic mass is 10.2. The molecule has 0 unspecified atom stereocenters. The molecule has 0 atom stereocenters. The maximum atomic E-state index is 12.5. The van der Waals surface area contributed by atoms with Crippen LogP contribution in [0.1, 0.15) is 5.56 Å². The molecule has 0 radical (unpaired) electrons. The molecule has 0 spiro atoms. The molecule has 1 aromatic carbocycles. The molecule has 2 aromatic heterocycles. The van der Waals surface area contributed by atoms with Crippen LogP contribution >= 0.6 is 11.6 Å². The summed E-state index contributed by atoms with van der Waals surface area (Å²) in [5.74, 6) is 0.338. The van der Waals surface area contributed by atoms with Crippen molar-refractivity contribution in [1.29, 1.82) is 0 Å². The number of methoxy groups -OCH3 is 1. The number of nitrogens with one attached hydrogen (secondary N) is 1. The number of imidazole rings is 1. The lowest BCUT2D eigenvalue weighted by molar-refractivity contribution is -0.121. The van der Waals surface area contributed by atoms with Crippen LogP contribution in [0.25, 0.3) is 11.2 Å². The van der Waals surface area contributed by atoms with Gasteiger partial charge in [-0.3, -0.25) is 23.3 Å². The number of carbonyl (C=O) groups is 1. The van der Waals surface area contributed by atoms with Crippen molar-refractivity contribution in [1.82, 2.24) is 24.0 Å². The van der Waals surface area contributed by atoms with Crippen molar-refractivity contribution in [3.05, 3.63) is 56.0 Å². The van der Waals surface area contributed by atoms with Crippen LogP contribution in [0.4, 0.5) is 0 Å². The summed E-state index contributed by atoms with van der Waals surface area (Å²) in [5, 5.41) is 2.72. The summed E-state index contributed by atoms with van der Waals surface area (Å²) >= 11 is 6.11. The van der Waals surface area contributed by atoms with Gasteiger partial charge in [0.1, 0.15) is 12.3 Å². The minimum atomic E-state index is -0.562. The van der Waals surface area contributed by atoms with Gasteiger partial charge < -0.3 is 10.1 Å². The third kappa shape index (κ3) is 3.45. The first-order chi connectivity index (χ1) is 12.8. The Kier molecular flexibility index (Phi) is 5.04. The summed E-state index contributed by atoms with van der Waals surface area (Å²) in [6.45, 7) is 0.0868. The molecule has 1 amide bonds. The van der Waals surface area contributed by atoms with Gasteiger partial charge in [-0.2, -0.15) is 4.98 Å². The van der Waals surface area contributed by atoms with Crippen molar-refractivity contribution in [2.45, 2.75) is 13.1 Å². The van der Waals surface area contributed by atoms with E-state index in [0.29, 0.717) is 5.75 Å². The predicted molar refractivity (Wildman–Crippen MR) is 100 cm³/mol. The second-order valence-corrected chi connectivity index (χ2v) is 6.31. The zero-order valence-electron chi connectivity index (χ0n) is 15.0. The van der Waals surface area contributed by atoms with Gasteiger partial charge in [0, 0.05) is 20.6 Å². The number of nitrogens with zero attached hydrogens (tertiary/aromatic N) is 4. The Bertz CT molecular complexity index is 1140. The molecule has 142 valence electrons. The van der Waals surface area contributed by atoms with Crippen molar-refractivity contribution >= 4 is 28.7 Å². The van der Waals surface area contributed by atoms with E-state index < -0.39 is 11.2 Å². The van der Waals surface area contributed by atoms with E-state index in [9.17, 15) is 14.4 Å². The monoisotopic (exact) mass is 391 g/mol. The molecule has 9 nitrogen and oxygen atoms in total. The van der Waals surface area contributed by atoms with E-state index in [1.54, 1.807) is 7.11 Å². The minimum Gasteiger partial charge on any atom is -0.497 e. The van der Waals surface area contributed by atoms with Crippen LogP contribution in [-0.4, -0.2) is 31.7 Å². The molecule has 3 rings (SSSR count). The maximum absolute atomic E-state index is 12.5. The standard InChI is InChI=1S/C17H18ClN5O4/c1-21-14-13(15(25)22(2)17(21)26)23(16(18)20-14)9-12(24)19-8-10-5-4-6-11(7-10)27-3/h4-7H,8-9H2,1-3H3,(H,19,24). The molecular formula is C17H18ClN5O4. The van der Waals surface area contributed by atoms with Crippen molar-refractivity contribution in [3.8, 4) is 5.75 Å². The second-order valence-electron chi connectivity index (χ2n) is 5.97. The van der Waals surface area contributed by atoms with Gasteiger partial charge in [0.2, 0.25) is 11.2 Å². The first-order valence-corrected chi connectivity index (χ1v) is 8.42. The highest BCUT2D eigenvalue weighted by atomic mass is 35.5. The van der Waals surface area contributed by atoms with E-state index in [1.807, 2.05) is 24.3 Å². The van der Waals surface area contributed by atoms with E-state index >= 15 is 0 Å². The van der Waals surface area contributed by atoms with Gasteiger partial charge >= 0.3 is 5.69 Å². The Balaban J connectivity index is 1.86. The Morgan fingerprint density at radius 1 is 1.26 bits per heavy atom. The number of fused-ring (bicyclic) bond motifs is 1. The Hall–Kier alpha value is -3.07. The lowest BCUT2D eigenvalue weighted by Crippen LogP contribution is -2.38. The first kappa shape index (κ1) is 18.7. The minimum absolute atomic E-state index is 0.0418. The number of carbonyl (C=O) groups excluding carboxylic acids is 1. The Morgan fingerprint density at radius 2 is 2.00 bits per heavy atom. The van der Waals surface area contributed by atoms with Gasteiger partial charge in [-0.1, -0.05) is 12.1 Å².